The molecule has 0 saturated heterocycles. The highest BCUT2D eigenvalue weighted by Gasteiger charge is 2.43. The molecule has 1 aromatic carbocycles. The van der Waals surface area contributed by atoms with E-state index < -0.39 is 24.7 Å². The van der Waals surface area contributed by atoms with E-state index in [1.54, 1.807) is 13.0 Å². The number of rotatable bonds is 5. The van der Waals surface area contributed by atoms with Gasteiger partial charge in [-0.05, 0) is 30.0 Å². The number of aryl methyl sites for hydroxylation is 1. The van der Waals surface area contributed by atoms with Gasteiger partial charge in [-0.15, -0.1) is 0 Å². The average Bonchev–Trinajstić information content (AvgIpc) is 2.28. The van der Waals surface area contributed by atoms with Gasteiger partial charge in [0.05, 0.1) is 6.42 Å². The van der Waals surface area contributed by atoms with Crippen LogP contribution in [0.3, 0.4) is 0 Å². The molecule has 3 nitrogen and oxygen atoms in total. The molecule has 0 fully saturated rings. The SMILES string of the molecule is Cc1ccc(C(C)C)cc1OC(CC(=O)O)C(F)(F)F. The van der Waals surface area contributed by atoms with Gasteiger partial charge in [-0.2, -0.15) is 13.2 Å². The van der Waals surface area contributed by atoms with Gasteiger partial charge in [-0.3, -0.25) is 4.79 Å². The van der Waals surface area contributed by atoms with E-state index in [0.717, 1.165) is 5.56 Å². The van der Waals surface area contributed by atoms with Crippen LogP contribution in [0.15, 0.2) is 18.2 Å². The molecule has 1 atom stereocenters. The summed E-state index contributed by atoms with van der Waals surface area (Å²) in [6.07, 6.45) is -8.19. The summed E-state index contributed by atoms with van der Waals surface area (Å²) in [4.78, 5) is 10.5. The Hall–Kier alpha value is -1.72. The number of carboxylic acid groups (broad SMARTS) is 1. The second kappa shape index (κ2) is 6.15. The van der Waals surface area contributed by atoms with E-state index in [4.69, 9.17) is 9.84 Å². The van der Waals surface area contributed by atoms with Gasteiger partial charge in [0.15, 0.2) is 0 Å². The third-order valence-corrected chi connectivity index (χ3v) is 2.87. The summed E-state index contributed by atoms with van der Waals surface area (Å²) < 4.78 is 43.2. The van der Waals surface area contributed by atoms with Crippen LogP contribution in [0.4, 0.5) is 13.2 Å². The fraction of sp³-hybridized carbons (Fsp3) is 0.500. The van der Waals surface area contributed by atoms with Crippen LogP contribution >= 0.6 is 0 Å². The van der Waals surface area contributed by atoms with Crippen LogP contribution in [0.2, 0.25) is 0 Å². The molecular formula is C14H17F3O3. The Morgan fingerprint density at radius 1 is 1.35 bits per heavy atom. The first-order valence-corrected chi connectivity index (χ1v) is 6.17. The molecule has 1 unspecified atom stereocenters. The molecule has 0 spiro atoms. The van der Waals surface area contributed by atoms with Crippen LogP contribution in [0.25, 0.3) is 0 Å². The van der Waals surface area contributed by atoms with E-state index in [1.165, 1.54) is 6.07 Å². The Balaban J connectivity index is 3.04. The Morgan fingerprint density at radius 2 is 1.95 bits per heavy atom. The minimum Gasteiger partial charge on any atom is -0.481 e. The first-order chi connectivity index (χ1) is 9.11. The van der Waals surface area contributed by atoms with Gasteiger partial charge in [0, 0.05) is 0 Å². The Morgan fingerprint density at radius 3 is 2.40 bits per heavy atom. The summed E-state index contributed by atoms with van der Waals surface area (Å²) >= 11 is 0. The molecule has 0 amide bonds. The zero-order valence-electron chi connectivity index (χ0n) is 11.5. The number of benzene rings is 1. The molecule has 1 N–H and O–H groups in total. The number of ether oxygens (including phenoxy) is 1. The molecular weight excluding hydrogens is 273 g/mol. The maximum Gasteiger partial charge on any atom is 0.426 e. The standard InChI is InChI=1S/C14H17F3O3/c1-8(2)10-5-4-9(3)11(6-10)20-12(7-13(18)19)14(15,16)17/h4-6,8,12H,7H2,1-3H3,(H,18,19). The van der Waals surface area contributed by atoms with Crippen molar-refractivity contribution in [2.45, 2.75) is 45.4 Å². The molecule has 20 heavy (non-hydrogen) atoms. The van der Waals surface area contributed by atoms with Crippen LogP contribution < -0.4 is 4.74 Å². The first kappa shape index (κ1) is 16.3. The quantitative estimate of drug-likeness (QED) is 0.894. The smallest absolute Gasteiger partial charge is 0.426 e. The van der Waals surface area contributed by atoms with Crippen LogP contribution in [0, 0.1) is 6.92 Å². The fourth-order valence-corrected chi connectivity index (χ4v) is 1.64. The van der Waals surface area contributed by atoms with Crippen LogP contribution in [-0.4, -0.2) is 23.4 Å². The third-order valence-electron chi connectivity index (χ3n) is 2.87. The lowest BCUT2D eigenvalue weighted by molar-refractivity contribution is -0.200. The second-order valence-electron chi connectivity index (χ2n) is 4.93. The molecule has 0 aromatic heterocycles. The highest BCUT2D eigenvalue weighted by atomic mass is 19.4. The number of hydrogen-bond donors (Lipinski definition) is 1. The van der Waals surface area contributed by atoms with Crippen molar-refractivity contribution >= 4 is 5.97 Å². The molecule has 112 valence electrons. The van der Waals surface area contributed by atoms with E-state index in [1.807, 2.05) is 19.9 Å². The third kappa shape index (κ3) is 4.43. The van der Waals surface area contributed by atoms with E-state index >= 15 is 0 Å². The van der Waals surface area contributed by atoms with E-state index in [0.29, 0.717) is 5.56 Å². The van der Waals surface area contributed by atoms with Crippen LogP contribution in [0.5, 0.6) is 5.75 Å². The fourth-order valence-electron chi connectivity index (χ4n) is 1.64. The van der Waals surface area contributed by atoms with Crippen LogP contribution in [-0.2, 0) is 4.79 Å². The summed E-state index contributed by atoms with van der Waals surface area (Å²) in [5.74, 6) is -1.34. The van der Waals surface area contributed by atoms with Gasteiger partial charge in [0.25, 0.3) is 0 Å². The van der Waals surface area contributed by atoms with Crippen LogP contribution in [0.1, 0.15) is 37.3 Å². The molecule has 6 heteroatoms. The predicted octanol–water partition coefficient (Wildman–Crippen LogP) is 3.90. The van der Waals surface area contributed by atoms with E-state index in [2.05, 4.69) is 0 Å². The Kier molecular flexibility index (Phi) is 5.03. The van der Waals surface area contributed by atoms with Crippen molar-refractivity contribution in [1.82, 2.24) is 0 Å². The lowest BCUT2D eigenvalue weighted by Crippen LogP contribution is -2.36. The minimum absolute atomic E-state index is 0.0692. The number of hydrogen-bond acceptors (Lipinski definition) is 2. The maximum atomic E-state index is 12.8. The lowest BCUT2D eigenvalue weighted by atomic mass is 10.0. The van der Waals surface area contributed by atoms with Gasteiger partial charge in [-0.1, -0.05) is 26.0 Å². The Bertz CT molecular complexity index is 481. The van der Waals surface area contributed by atoms with E-state index in [9.17, 15) is 18.0 Å². The van der Waals surface area contributed by atoms with Crippen molar-refractivity contribution in [3.05, 3.63) is 29.3 Å². The van der Waals surface area contributed by atoms with Gasteiger partial charge < -0.3 is 9.84 Å². The number of aliphatic carboxylic acids is 1. The van der Waals surface area contributed by atoms with Crippen molar-refractivity contribution in [2.75, 3.05) is 0 Å². The first-order valence-electron chi connectivity index (χ1n) is 6.17. The predicted molar refractivity (Wildman–Crippen MR) is 68.0 cm³/mol. The summed E-state index contributed by atoms with van der Waals surface area (Å²) in [5.41, 5.74) is 1.37. The molecule has 0 heterocycles. The second-order valence-corrected chi connectivity index (χ2v) is 4.93. The van der Waals surface area contributed by atoms with Gasteiger partial charge in [0.1, 0.15) is 5.75 Å². The molecule has 0 aliphatic heterocycles. The summed E-state index contributed by atoms with van der Waals surface area (Å²) in [7, 11) is 0. The van der Waals surface area contributed by atoms with Gasteiger partial charge >= 0.3 is 12.1 Å². The molecule has 0 aliphatic rings. The molecule has 0 saturated carbocycles. The zero-order chi connectivity index (χ0) is 15.5. The maximum absolute atomic E-state index is 12.8. The van der Waals surface area contributed by atoms with Crippen molar-refractivity contribution in [1.29, 1.82) is 0 Å². The highest BCUT2D eigenvalue weighted by molar-refractivity contribution is 5.67. The normalized spacial score (nSPS) is 13.3. The summed E-state index contributed by atoms with van der Waals surface area (Å²) in [5, 5.41) is 8.56. The molecule has 1 rings (SSSR count). The van der Waals surface area contributed by atoms with Gasteiger partial charge in [-0.25, -0.2) is 0 Å². The molecule has 0 aliphatic carbocycles. The van der Waals surface area contributed by atoms with Crippen molar-refractivity contribution in [3.8, 4) is 5.75 Å². The Labute approximate surface area is 115 Å². The zero-order valence-corrected chi connectivity index (χ0v) is 11.5. The highest BCUT2D eigenvalue weighted by Crippen LogP contribution is 2.31. The van der Waals surface area contributed by atoms with Crippen molar-refractivity contribution < 1.29 is 27.8 Å². The minimum atomic E-state index is -4.72. The monoisotopic (exact) mass is 290 g/mol. The van der Waals surface area contributed by atoms with Crippen molar-refractivity contribution in [2.24, 2.45) is 0 Å². The number of carboxylic acids is 1. The topological polar surface area (TPSA) is 46.5 Å². The lowest BCUT2D eigenvalue weighted by Gasteiger charge is -2.22. The summed E-state index contributed by atoms with van der Waals surface area (Å²) in [6.45, 7) is 5.44. The van der Waals surface area contributed by atoms with Crippen molar-refractivity contribution in [3.63, 3.8) is 0 Å². The number of carbonyl (C=O) groups is 1. The summed E-state index contributed by atoms with van der Waals surface area (Å²) in [6, 6.07) is 5.01. The van der Waals surface area contributed by atoms with E-state index in [-0.39, 0.29) is 11.7 Å². The number of alkyl halides is 3. The largest absolute Gasteiger partial charge is 0.481 e. The molecule has 1 aromatic rings. The average molecular weight is 290 g/mol. The molecule has 0 bridgehead atoms. The number of halogens is 3. The van der Waals surface area contributed by atoms with Gasteiger partial charge in [0.2, 0.25) is 6.10 Å². The molecule has 0 radical (unpaired) electrons.